The van der Waals surface area contributed by atoms with Crippen molar-refractivity contribution in [2.24, 2.45) is 5.73 Å². The Balaban J connectivity index is 2.39. The van der Waals surface area contributed by atoms with Gasteiger partial charge >= 0.3 is 0 Å². The van der Waals surface area contributed by atoms with Crippen LogP contribution in [0.5, 0.6) is 0 Å². The number of benzene rings is 1. The normalized spacial score (nSPS) is 10.4. The minimum Gasteiger partial charge on any atom is -0.366 e. The van der Waals surface area contributed by atoms with Crippen molar-refractivity contribution in [3.63, 3.8) is 0 Å². The summed E-state index contributed by atoms with van der Waals surface area (Å²) in [5.74, 6) is 0.592. The molecule has 1 amide bonds. The monoisotopic (exact) mass is 265 g/mol. The maximum absolute atomic E-state index is 11.1. The molecule has 18 heavy (non-hydrogen) atoms. The van der Waals surface area contributed by atoms with Crippen molar-refractivity contribution in [2.45, 2.75) is 0 Å². The molecule has 0 atom stereocenters. The number of H-pyrrole nitrogens is 1. The van der Waals surface area contributed by atoms with E-state index in [4.69, 9.17) is 17.3 Å². The number of nitrogens with zero attached hydrogens (tertiary/aromatic N) is 3. The zero-order chi connectivity index (χ0) is 13.3. The number of carbonyl (C=O) groups is 1. The number of primary amides is 1. The van der Waals surface area contributed by atoms with Crippen molar-refractivity contribution in [3.8, 4) is 11.4 Å². The number of hydrogen-bond acceptors (Lipinski definition) is 4. The van der Waals surface area contributed by atoms with Crippen molar-refractivity contribution < 1.29 is 4.79 Å². The maximum atomic E-state index is 11.1. The zero-order valence-corrected chi connectivity index (χ0v) is 10.7. The minimum atomic E-state index is -0.557. The summed E-state index contributed by atoms with van der Waals surface area (Å²) in [6.45, 7) is 0. The Hall–Kier alpha value is -2.08. The molecular formula is C11H12ClN5O. The van der Waals surface area contributed by atoms with Crippen molar-refractivity contribution in [1.29, 1.82) is 0 Å². The number of hydrogen-bond donors (Lipinski definition) is 2. The van der Waals surface area contributed by atoms with Gasteiger partial charge in [-0.15, -0.1) is 5.10 Å². The first-order valence-corrected chi connectivity index (χ1v) is 5.56. The van der Waals surface area contributed by atoms with E-state index in [1.165, 1.54) is 0 Å². The average molecular weight is 266 g/mol. The fraction of sp³-hybridized carbons (Fsp3) is 0.182. The van der Waals surface area contributed by atoms with Crippen molar-refractivity contribution in [1.82, 2.24) is 15.2 Å². The SMILES string of the molecule is CN(C)c1n[nH]c(-c2ccc(C(N)=O)c(Cl)c2)n1. The Morgan fingerprint density at radius 2 is 2.17 bits per heavy atom. The fourth-order valence-corrected chi connectivity index (χ4v) is 1.72. The number of nitrogens with two attached hydrogens (primary N) is 1. The molecule has 0 saturated carbocycles. The number of rotatable bonds is 3. The van der Waals surface area contributed by atoms with Gasteiger partial charge in [-0.2, -0.15) is 4.98 Å². The summed E-state index contributed by atoms with van der Waals surface area (Å²) in [7, 11) is 3.69. The number of aromatic nitrogens is 3. The van der Waals surface area contributed by atoms with E-state index in [9.17, 15) is 4.79 Å². The third kappa shape index (κ3) is 2.28. The summed E-state index contributed by atoms with van der Waals surface area (Å²) < 4.78 is 0. The molecule has 0 radical (unpaired) electrons. The van der Waals surface area contributed by atoms with Crippen LogP contribution in [-0.2, 0) is 0 Å². The van der Waals surface area contributed by atoms with Crippen LogP contribution in [0.2, 0.25) is 5.02 Å². The molecule has 3 N–H and O–H groups in total. The van der Waals surface area contributed by atoms with Gasteiger partial charge in [-0.05, 0) is 12.1 Å². The highest BCUT2D eigenvalue weighted by atomic mass is 35.5. The molecule has 7 heteroatoms. The standard InChI is InChI=1S/C11H12ClN5O/c1-17(2)11-14-10(15-16-11)6-3-4-7(9(13)18)8(12)5-6/h3-5H,1-2H3,(H2,13,18)(H,14,15,16). The number of anilines is 1. The van der Waals surface area contributed by atoms with Gasteiger partial charge in [0.15, 0.2) is 5.82 Å². The molecule has 2 rings (SSSR count). The minimum absolute atomic E-state index is 0.285. The van der Waals surface area contributed by atoms with Crippen LogP contribution in [0.1, 0.15) is 10.4 Å². The van der Waals surface area contributed by atoms with Gasteiger partial charge in [-0.1, -0.05) is 17.7 Å². The van der Waals surface area contributed by atoms with Crippen LogP contribution >= 0.6 is 11.6 Å². The molecule has 0 unspecified atom stereocenters. The molecule has 6 nitrogen and oxygen atoms in total. The molecule has 1 aromatic carbocycles. The molecule has 0 aliphatic rings. The number of halogens is 1. The first-order chi connectivity index (χ1) is 8.49. The number of amides is 1. The predicted molar refractivity (Wildman–Crippen MR) is 69.7 cm³/mol. The van der Waals surface area contributed by atoms with Crippen LogP contribution in [-0.4, -0.2) is 35.2 Å². The van der Waals surface area contributed by atoms with Crippen LogP contribution in [0.15, 0.2) is 18.2 Å². The van der Waals surface area contributed by atoms with E-state index in [1.54, 1.807) is 23.1 Å². The molecule has 0 bridgehead atoms. The number of carbonyl (C=O) groups excluding carboxylic acids is 1. The first-order valence-electron chi connectivity index (χ1n) is 5.18. The van der Waals surface area contributed by atoms with E-state index in [1.807, 2.05) is 14.1 Å². The molecule has 94 valence electrons. The molecule has 1 aromatic heterocycles. The van der Waals surface area contributed by atoms with Gasteiger partial charge < -0.3 is 10.6 Å². The van der Waals surface area contributed by atoms with E-state index >= 15 is 0 Å². The summed E-state index contributed by atoms with van der Waals surface area (Å²) in [5.41, 5.74) is 6.21. The van der Waals surface area contributed by atoms with Crippen LogP contribution < -0.4 is 10.6 Å². The third-order valence-electron chi connectivity index (χ3n) is 2.38. The lowest BCUT2D eigenvalue weighted by Crippen LogP contribution is -2.11. The predicted octanol–water partition coefficient (Wildman–Crippen LogP) is 1.29. The van der Waals surface area contributed by atoms with Gasteiger partial charge in [-0.3, -0.25) is 9.89 Å². The van der Waals surface area contributed by atoms with Gasteiger partial charge in [0.1, 0.15) is 0 Å². The lowest BCUT2D eigenvalue weighted by atomic mass is 10.1. The number of nitrogens with one attached hydrogen (secondary N) is 1. The molecule has 1 heterocycles. The van der Waals surface area contributed by atoms with E-state index in [0.29, 0.717) is 16.8 Å². The van der Waals surface area contributed by atoms with Crippen LogP contribution in [0.25, 0.3) is 11.4 Å². The summed E-state index contributed by atoms with van der Waals surface area (Å²) in [4.78, 5) is 17.1. The molecule has 0 spiro atoms. The Morgan fingerprint density at radius 3 is 2.67 bits per heavy atom. The van der Waals surface area contributed by atoms with Gasteiger partial charge in [0.25, 0.3) is 0 Å². The molecule has 0 fully saturated rings. The second-order valence-corrected chi connectivity index (χ2v) is 4.34. The van der Waals surface area contributed by atoms with Crippen LogP contribution in [0.3, 0.4) is 0 Å². The summed E-state index contributed by atoms with van der Waals surface area (Å²) >= 11 is 5.97. The smallest absolute Gasteiger partial charge is 0.250 e. The topological polar surface area (TPSA) is 87.9 Å². The molecule has 0 aliphatic heterocycles. The molecule has 0 saturated heterocycles. The van der Waals surface area contributed by atoms with Gasteiger partial charge in [-0.25, -0.2) is 0 Å². The van der Waals surface area contributed by atoms with Crippen molar-refractivity contribution in [3.05, 3.63) is 28.8 Å². The Labute approximate surface area is 109 Å². The highest BCUT2D eigenvalue weighted by Crippen LogP contribution is 2.23. The quantitative estimate of drug-likeness (QED) is 0.875. The van der Waals surface area contributed by atoms with E-state index in [2.05, 4.69) is 15.2 Å². The summed E-state index contributed by atoms with van der Waals surface area (Å²) in [6.07, 6.45) is 0. The molecular weight excluding hydrogens is 254 g/mol. The lowest BCUT2D eigenvalue weighted by molar-refractivity contribution is 0.100. The van der Waals surface area contributed by atoms with Gasteiger partial charge in [0.05, 0.1) is 10.6 Å². The lowest BCUT2D eigenvalue weighted by Gasteiger charge is -2.04. The highest BCUT2D eigenvalue weighted by molar-refractivity contribution is 6.34. The van der Waals surface area contributed by atoms with E-state index in [-0.39, 0.29) is 5.56 Å². The van der Waals surface area contributed by atoms with Crippen LogP contribution in [0.4, 0.5) is 5.95 Å². The second-order valence-electron chi connectivity index (χ2n) is 3.94. The zero-order valence-electron chi connectivity index (χ0n) is 9.94. The number of aromatic amines is 1. The molecule has 0 aliphatic carbocycles. The van der Waals surface area contributed by atoms with Crippen LogP contribution in [0, 0.1) is 0 Å². The Morgan fingerprint density at radius 1 is 1.44 bits per heavy atom. The van der Waals surface area contributed by atoms with E-state index in [0.717, 1.165) is 5.56 Å². The highest BCUT2D eigenvalue weighted by Gasteiger charge is 2.11. The largest absolute Gasteiger partial charge is 0.366 e. The summed E-state index contributed by atoms with van der Waals surface area (Å²) in [6, 6.07) is 4.91. The van der Waals surface area contributed by atoms with Crippen molar-refractivity contribution >= 4 is 23.5 Å². The fourth-order valence-electron chi connectivity index (χ4n) is 1.44. The van der Waals surface area contributed by atoms with Crippen molar-refractivity contribution in [2.75, 3.05) is 19.0 Å². The second kappa shape index (κ2) is 4.66. The Kier molecular flexibility index (Phi) is 3.20. The van der Waals surface area contributed by atoms with E-state index < -0.39 is 5.91 Å². The third-order valence-corrected chi connectivity index (χ3v) is 2.69. The first kappa shape index (κ1) is 12.4. The summed E-state index contributed by atoms with van der Waals surface area (Å²) in [5, 5.41) is 7.13. The average Bonchev–Trinajstić information content (AvgIpc) is 2.77. The maximum Gasteiger partial charge on any atom is 0.250 e. The van der Waals surface area contributed by atoms with Gasteiger partial charge in [0, 0.05) is 19.7 Å². The Bertz CT molecular complexity index is 593. The van der Waals surface area contributed by atoms with Gasteiger partial charge in [0.2, 0.25) is 11.9 Å². The molecule has 2 aromatic rings.